The number of benzene rings is 1. The van der Waals surface area contributed by atoms with Gasteiger partial charge in [-0.15, -0.1) is 0 Å². The first-order chi connectivity index (χ1) is 8.40. The van der Waals surface area contributed by atoms with Crippen molar-refractivity contribution in [3.63, 3.8) is 0 Å². The Morgan fingerprint density at radius 3 is 2.78 bits per heavy atom. The van der Waals surface area contributed by atoms with Crippen molar-refractivity contribution in [2.24, 2.45) is 5.16 Å². The Hall–Kier alpha value is -2.04. The second-order valence-electron chi connectivity index (χ2n) is 4.69. The Balaban J connectivity index is 2.53. The van der Waals surface area contributed by atoms with Gasteiger partial charge in [-0.1, -0.05) is 17.3 Å². The molecule has 0 atom stereocenters. The van der Waals surface area contributed by atoms with Gasteiger partial charge in [0.1, 0.15) is 11.4 Å². The first kappa shape index (κ1) is 14.0. The zero-order valence-corrected chi connectivity index (χ0v) is 10.7. The second kappa shape index (κ2) is 6.05. The first-order valence-corrected chi connectivity index (χ1v) is 5.53. The van der Waals surface area contributed by atoms with Crippen LogP contribution in [0.15, 0.2) is 29.4 Å². The van der Waals surface area contributed by atoms with Gasteiger partial charge in [0.25, 0.3) is 0 Å². The van der Waals surface area contributed by atoms with E-state index in [1.54, 1.807) is 45.0 Å². The summed E-state index contributed by atoms with van der Waals surface area (Å²) in [7, 11) is 0. The molecule has 0 aliphatic rings. The highest BCUT2D eigenvalue weighted by atomic mass is 16.6. The summed E-state index contributed by atoms with van der Waals surface area (Å²) in [5.41, 5.74) is 0.158. The number of oxime groups is 1. The molecule has 0 aromatic heterocycles. The predicted octanol–water partition coefficient (Wildman–Crippen LogP) is 2.22. The maximum Gasteiger partial charge on any atom is 0.344 e. The first-order valence-electron chi connectivity index (χ1n) is 5.53. The lowest BCUT2D eigenvalue weighted by Crippen LogP contribution is -2.27. The van der Waals surface area contributed by atoms with Gasteiger partial charge in [0.05, 0.1) is 6.21 Å². The van der Waals surface area contributed by atoms with E-state index in [0.29, 0.717) is 11.3 Å². The lowest BCUT2D eigenvalue weighted by Gasteiger charge is -2.19. The summed E-state index contributed by atoms with van der Waals surface area (Å²) >= 11 is 0. The van der Waals surface area contributed by atoms with E-state index in [2.05, 4.69) is 5.16 Å². The van der Waals surface area contributed by atoms with Gasteiger partial charge in [-0.25, -0.2) is 4.79 Å². The summed E-state index contributed by atoms with van der Waals surface area (Å²) in [5.74, 6) is 0.0852. The minimum absolute atomic E-state index is 0.156. The summed E-state index contributed by atoms with van der Waals surface area (Å²) in [6, 6.07) is 6.85. The number of carbonyl (C=O) groups excluding carboxylic acids is 1. The third-order valence-electron chi connectivity index (χ3n) is 1.84. The smallest absolute Gasteiger partial charge is 0.344 e. The fraction of sp³-hybridized carbons (Fsp3) is 0.385. The maximum atomic E-state index is 11.4. The van der Waals surface area contributed by atoms with Crippen molar-refractivity contribution in [3.8, 4) is 5.75 Å². The van der Waals surface area contributed by atoms with Gasteiger partial charge < -0.3 is 14.7 Å². The van der Waals surface area contributed by atoms with Crippen LogP contribution in [-0.2, 0) is 9.53 Å². The van der Waals surface area contributed by atoms with Crippen molar-refractivity contribution in [3.05, 3.63) is 29.8 Å². The lowest BCUT2D eigenvalue weighted by molar-refractivity contribution is -0.157. The van der Waals surface area contributed by atoms with E-state index in [1.165, 1.54) is 6.21 Å². The molecule has 0 saturated carbocycles. The molecule has 0 heterocycles. The van der Waals surface area contributed by atoms with Crippen molar-refractivity contribution in [1.82, 2.24) is 0 Å². The highest BCUT2D eigenvalue weighted by Crippen LogP contribution is 2.13. The van der Waals surface area contributed by atoms with E-state index >= 15 is 0 Å². The molecule has 5 nitrogen and oxygen atoms in total. The Labute approximate surface area is 106 Å². The molecule has 98 valence electrons. The third kappa shape index (κ3) is 5.34. The topological polar surface area (TPSA) is 68.1 Å². The van der Waals surface area contributed by atoms with Crippen LogP contribution < -0.4 is 4.74 Å². The maximum absolute atomic E-state index is 11.4. The summed E-state index contributed by atoms with van der Waals surface area (Å²) in [6.07, 6.45) is 1.28. The van der Waals surface area contributed by atoms with Crippen LogP contribution >= 0.6 is 0 Å². The van der Waals surface area contributed by atoms with Gasteiger partial charge in [-0.05, 0) is 38.5 Å². The number of rotatable bonds is 4. The lowest BCUT2D eigenvalue weighted by atomic mass is 10.2. The van der Waals surface area contributed by atoms with Gasteiger partial charge in [0, 0.05) is 0 Å². The minimum atomic E-state index is -0.522. The zero-order valence-electron chi connectivity index (χ0n) is 10.7. The molecule has 0 saturated heterocycles. The van der Waals surface area contributed by atoms with Crippen LogP contribution in [0.25, 0.3) is 0 Å². The third-order valence-corrected chi connectivity index (χ3v) is 1.84. The molecule has 0 aliphatic carbocycles. The molecule has 0 spiro atoms. The Kier molecular flexibility index (Phi) is 4.71. The van der Waals surface area contributed by atoms with Crippen molar-refractivity contribution in [2.45, 2.75) is 26.4 Å². The highest BCUT2D eigenvalue weighted by molar-refractivity contribution is 5.79. The van der Waals surface area contributed by atoms with E-state index in [4.69, 9.17) is 14.7 Å². The van der Waals surface area contributed by atoms with E-state index in [-0.39, 0.29) is 6.61 Å². The summed E-state index contributed by atoms with van der Waals surface area (Å²) in [5, 5.41) is 11.3. The Bertz CT molecular complexity index is 435. The quantitative estimate of drug-likeness (QED) is 0.385. The fourth-order valence-electron chi connectivity index (χ4n) is 1.26. The molecule has 18 heavy (non-hydrogen) atoms. The van der Waals surface area contributed by atoms with Crippen LogP contribution in [-0.4, -0.2) is 29.6 Å². The number of esters is 1. The normalized spacial score (nSPS) is 11.5. The molecule has 0 radical (unpaired) electrons. The van der Waals surface area contributed by atoms with E-state index in [1.807, 2.05) is 0 Å². The second-order valence-corrected chi connectivity index (χ2v) is 4.69. The zero-order chi connectivity index (χ0) is 13.6. The van der Waals surface area contributed by atoms with Gasteiger partial charge in [0.15, 0.2) is 6.61 Å². The van der Waals surface area contributed by atoms with Crippen molar-refractivity contribution in [2.75, 3.05) is 6.61 Å². The van der Waals surface area contributed by atoms with Crippen molar-refractivity contribution < 1.29 is 19.5 Å². The number of nitrogens with zero attached hydrogens (tertiary/aromatic N) is 1. The minimum Gasteiger partial charge on any atom is -0.482 e. The average Bonchev–Trinajstić information content (AvgIpc) is 2.25. The molecule has 5 heteroatoms. The van der Waals surface area contributed by atoms with Crippen LogP contribution in [0, 0.1) is 0 Å². The van der Waals surface area contributed by atoms with E-state index in [0.717, 1.165) is 0 Å². The molecule has 0 unspecified atom stereocenters. The molecule has 0 amide bonds. The molecule has 1 aromatic carbocycles. The van der Waals surface area contributed by atoms with Crippen LogP contribution in [0.2, 0.25) is 0 Å². The number of ether oxygens (including phenoxy) is 2. The molecular weight excluding hydrogens is 234 g/mol. The monoisotopic (exact) mass is 251 g/mol. The predicted molar refractivity (Wildman–Crippen MR) is 67.2 cm³/mol. The summed E-state index contributed by atoms with van der Waals surface area (Å²) in [4.78, 5) is 11.4. The molecule has 1 N–H and O–H groups in total. The fourth-order valence-corrected chi connectivity index (χ4v) is 1.26. The Morgan fingerprint density at radius 1 is 1.44 bits per heavy atom. The van der Waals surface area contributed by atoms with Crippen LogP contribution in [0.1, 0.15) is 26.3 Å². The number of hydrogen-bond acceptors (Lipinski definition) is 5. The molecule has 0 aliphatic heterocycles. The number of carbonyl (C=O) groups is 1. The standard InChI is InChI=1S/C13H17NO4/c1-13(2,3)18-12(15)9-17-11-6-4-5-10(7-11)8-14-16/h4-8,16H,9H2,1-3H3. The summed E-state index contributed by atoms with van der Waals surface area (Å²) < 4.78 is 10.4. The molecule has 1 rings (SSSR count). The molecule has 0 fully saturated rings. The average molecular weight is 251 g/mol. The van der Waals surface area contributed by atoms with Gasteiger partial charge >= 0.3 is 5.97 Å². The summed E-state index contributed by atoms with van der Waals surface area (Å²) in [6.45, 7) is 5.23. The molecule has 0 bridgehead atoms. The molecular formula is C13H17NO4. The van der Waals surface area contributed by atoms with Crippen molar-refractivity contribution >= 4 is 12.2 Å². The highest BCUT2D eigenvalue weighted by Gasteiger charge is 2.16. The van der Waals surface area contributed by atoms with Gasteiger partial charge in [-0.2, -0.15) is 0 Å². The van der Waals surface area contributed by atoms with Crippen LogP contribution in [0.4, 0.5) is 0 Å². The number of hydrogen-bond donors (Lipinski definition) is 1. The van der Waals surface area contributed by atoms with E-state index < -0.39 is 11.6 Å². The van der Waals surface area contributed by atoms with Gasteiger partial charge in [0.2, 0.25) is 0 Å². The largest absolute Gasteiger partial charge is 0.482 e. The van der Waals surface area contributed by atoms with E-state index in [9.17, 15) is 4.79 Å². The van der Waals surface area contributed by atoms with Crippen molar-refractivity contribution in [1.29, 1.82) is 0 Å². The van der Waals surface area contributed by atoms with Crippen LogP contribution in [0.3, 0.4) is 0 Å². The van der Waals surface area contributed by atoms with Crippen LogP contribution in [0.5, 0.6) is 5.75 Å². The SMILES string of the molecule is CC(C)(C)OC(=O)COc1cccc(C=NO)c1. The van der Waals surface area contributed by atoms with Gasteiger partial charge in [-0.3, -0.25) is 0 Å². The Morgan fingerprint density at radius 2 is 2.17 bits per heavy atom. The molecule has 1 aromatic rings.